The van der Waals surface area contributed by atoms with Gasteiger partial charge in [0.25, 0.3) is 5.56 Å². The Kier molecular flexibility index (Phi) is 4.74. The third kappa shape index (κ3) is 3.18. The summed E-state index contributed by atoms with van der Waals surface area (Å²) in [5.41, 5.74) is -0.907. The average Bonchev–Trinajstić information content (AvgIpc) is 2.61. The van der Waals surface area contributed by atoms with Crippen LogP contribution >= 0.6 is 0 Å². The van der Waals surface area contributed by atoms with Crippen LogP contribution in [0.1, 0.15) is 0 Å². The molecule has 10 heteroatoms. The lowest BCUT2D eigenvalue weighted by molar-refractivity contribution is -0.0802. The Morgan fingerprint density at radius 3 is 2.42 bits per heavy atom. The fraction of sp³-hybridized carbons (Fsp3) is 0.312. The lowest BCUT2D eigenvalue weighted by Crippen LogP contribution is -2.42. The molecule has 0 fully saturated rings. The van der Waals surface area contributed by atoms with Gasteiger partial charge in [-0.15, -0.1) is 0 Å². The number of fused-ring (bicyclic) bond motifs is 2. The zero-order chi connectivity index (χ0) is 19.0. The van der Waals surface area contributed by atoms with Crippen molar-refractivity contribution in [2.75, 3.05) is 6.61 Å². The number of aromatic nitrogens is 3. The second-order valence-corrected chi connectivity index (χ2v) is 5.95. The van der Waals surface area contributed by atoms with E-state index in [2.05, 4.69) is 9.97 Å². The Morgan fingerprint density at radius 2 is 1.73 bits per heavy atom. The molecule has 0 amide bonds. The molecule has 1 aromatic heterocycles. The molecule has 0 unspecified atom stereocenters. The van der Waals surface area contributed by atoms with Crippen LogP contribution in [0.25, 0.3) is 22.3 Å². The first kappa shape index (κ1) is 18.0. The van der Waals surface area contributed by atoms with Crippen LogP contribution in [0.3, 0.4) is 0 Å². The molecule has 3 rings (SSSR count). The van der Waals surface area contributed by atoms with Crippen LogP contribution in [-0.4, -0.2) is 59.9 Å². The fourth-order valence-corrected chi connectivity index (χ4v) is 2.84. The van der Waals surface area contributed by atoms with Crippen LogP contribution in [0, 0.1) is 0 Å². The number of pyridine rings is 1. The van der Waals surface area contributed by atoms with E-state index in [-0.39, 0.29) is 23.0 Å². The maximum Gasteiger partial charge on any atom is 0.327 e. The molecule has 2 heterocycles. The van der Waals surface area contributed by atoms with Gasteiger partial charge in [0.2, 0.25) is 0 Å². The van der Waals surface area contributed by atoms with Gasteiger partial charge in [-0.1, -0.05) is 0 Å². The van der Waals surface area contributed by atoms with Crippen LogP contribution in [0.2, 0.25) is 0 Å². The van der Waals surface area contributed by atoms with Crippen molar-refractivity contribution in [2.45, 2.75) is 24.9 Å². The standard InChI is InChI=1S/C16H17N3O7/c20-6-12(23)13(24)11(22)5-19-10-4-8(21)2-1-7(10)3-9-14(19)17-16(26)18-15(9)25/h1-4,11-13,20,22-24H,5-6H2,(H2,17,18,25,26)/t11-,12+,13-/m0/s1. The van der Waals surface area contributed by atoms with E-state index >= 15 is 0 Å². The summed E-state index contributed by atoms with van der Waals surface area (Å²) in [6.45, 7) is -1.12. The molecule has 138 valence electrons. The highest BCUT2D eigenvalue weighted by molar-refractivity contribution is 5.82. The van der Waals surface area contributed by atoms with Gasteiger partial charge in [0, 0.05) is 6.07 Å². The molecule has 0 aromatic carbocycles. The van der Waals surface area contributed by atoms with Gasteiger partial charge in [0.05, 0.1) is 24.2 Å². The monoisotopic (exact) mass is 363 g/mol. The third-order valence-electron chi connectivity index (χ3n) is 4.17. The molecule has 3 atom stereocenters. The van der Waals surface area contributed by atoms with E-state index in [1.807, 2.05) is 0 Å². The van der Waals surface area contributed by atoms with Crippen molar-refractivity contribution in [1.82, 2.24) is 14.5 Å². The highest BCUT2D eigenvalue weighted by Crippen LogP contribution is 2.25. The van der Waals surface area contributed by atoms with E-state index in [1.165, 1.54) is 28.8 Å². The first-order valence-corrected chi connectivity index (χ1v) is 7.77. The second-order valence-electron chi connectivity index (χ2n) is 5.95. The van der Waals surface area contributed by atoms with E-state index in [1.54, 1.807) is 0 Å². The molecule has 26 heavy (non-hydrogen) atoms. The molecule has 0 saturated heterocycles. The fourth-order valence-electron chi connectivity index (χ4n) is 2.84. The SMILES string of the molecule is O=c1ccc2cc3c(=O)[nH]c(=O)[nH]c3n(C[C@H](O)[C@H](O)[C@H](O)CO)c-2c1. The van der Waals surface area contributed by atoms with Crippen LogP contribution in [0.5, 0.6) is 0 Å². The van der Waals surface area contributed by atoms with Gasteiger partial charge in [-0.3, -0.25) is 19.6 Å². The van der Waals surface area contributed by atoms with E-state index in [0.717, 1.165) is 0 Å². The molecule has 0 saturated carbocycles. The molecule has 0 radical (unpaired) electrons. The van der Waals surface area contributed by atoms with Gasteiger partial charge in [0.15, 0.2) is 5.43 Å². The second kappa shape index (κ2) is 6.84. The van der Waals surface area contributed by atoms with Crippen molar-refractivity contribution in [3.63, 3.8) is 0 Å². The van der Waals surface area contributed by atoms with Gasteiger partial charge in [0.1, 0.15) is 24.0 Å². The van der Waals surface area contributed by atoms with Crippen LogP contribution in [0.4, 0.5) is 0 Å². The normalized spacial score (nSPS) is 15.2. The van der Waals surface area contributed by atoms with Crippen LogP contribution < -0.4 is 16.7 Å². The smallest absolute Gasteiger partial charge is 0.327 e. The maximum atomic E-state index is 12.1. The Hall–Kier alpha value is -2.79. The number of hydrogen-bond acceptors (Lipinski definition) is 7. The molecule has 0 bridgehead atoms. The quantitative estimate of drug-likeness (QED) is 0.274. The topological polar surface area (TPSA) is 169 Å². The molecular formula is C16H17N3O7. The average molecular weight is 363 g/mol. The molecule has 2 aliphatic rings. The number of H-pyrrole nitrogens is 2. The molecule has 1 aliphatic carbocycles. The van der Waals surface area contributed by atoms with Crippen LogP contribution in [-0.2, 0) is 6.54 Å². The Morgan fingerprint density at radius 1 is 1.00 bits per heavy atom. The summed E-state index contributed by atoms with van der Waals surface area (Å²) in [5, 5.41) is 38.6. The molecule has 6 N–H and O–H groups in total. The zero-order valence-electron chi connectivity index (χ0n) is 13.4. The molecule has 0 spiro atoms. The lowest BCUT2D eigenvalue weighted by Gasteiger charge is -2.25. The summed E-state index contributed by atoms with van der Waals surface area (Å²) in [6, 6.07) is 5.54. The lowest BCUT2D eigenvalue weighted by atomic mass is 10.0. The molecule has 1 aromatic rings. The molecular weight excluding hydrogens is 346 g/mol. The Bertz CT molecular complexity index is 1080. The summed E-state index contributed by atoms with van der Waals surface area (Å²) in [6.07, 6.45) is -4.81. The van der Waals surface area contributed by atoms with E-state index in [4.69, 9.17) is 5.11 Å². The molecule has 1 aliphatic heterocycles. The van der Waals surface area contributed by atoms with Crippen molar-refractivity contribution in [2.24, 2.45) is 0 Å². The minimum absolute atomic E-state index is 0.0431. The van der Waals surface area contributed by atoms with Crippen molar-refractivity contribution in [1.29, 1.82) is 0 Å². The maximum absolute atomic E-state index is 12.1. The first-order valence-electron chi connectivity index (χ1n) is 7.77. The zero-order valence-corrected chi connectivity index (χ0v) is 13.4. The number of aliphatic hydroxyl groups is 4. The largest absolute Gasteiger partial charge is 0.394 e. The van der Waals surface area contributed by atoms with E-state index in [0.29, 0.717) is 11.3 Å². The third-order valence-corrected chi connectivity index (χ3v) is 4.17. The van der Waals surface area contributed by atoms with Gasteiger partial charge in [-0.2, -0.15) is 0 Å². The summed E-state index contributed by atoms with van der Waals surface area (Å²) < 4.78 is 1.31. The highest BCUT2D eigenvalue weighted by Gasteiger charge is 2.26. The van der Waals surface area contributed by atoms with Crippen molar-refractivity contribution >= 4 is 11.0 Å². The van der Waals surface area contributed by atoms with Crippen LogP contribution in [0.15, 0.2) is 38.6 Å². The number of aliphatic hydroxyl groups excluding tert-OH is 4. The Labute approximate surface area is 145 Å². The number of rotatable bonds is 5. The van der Waals surface area contributed by atoms with E-state index in [9.17, 15) is 29.7 Å². The summed E-state index contributed by atoms with van der Waals surface area (Å²) in [4.78, 5) is 40.0. The first-order chi connectivity index (χ1) is 12.3. The number of benzene rings is 1. The van der Waals surface area contributed by atoms with Gasteiger partial charge >= 0.3 is 5.69 Å². The summed E-state index contributed by atoms with van der Waals surface area (Å²) in [7, 11) is 0. The summed E-state index contributed by atoms with van der Waals surface area (Å²) >= 11 is 0. The van der Waals surface area contributed by atoms with E-state index < -0.39 is 36.2 Å². The number of nitrogens with zero attached hydrogens (tertiary/aromatic N) is 1. The van der Waals surface area contributed by atoms with Crippen molar-refractivity contribution in [3.8, 4) is 11.3 Å². The minimum Gasteiger partial charge on any atom is -0.394 e. The van der Waals surface area contributed by atoms with Crippen molar-refractivity contribution in [3.05, 3.63) is 55.3 Å². The summed E-state index contributed by atoms with van der Waals surface area (Å²) in [5.74, 6) is 0. The highest BCUT2D eigenvalue weighted by atomic mass is 16.4. The number of nitrogens with one attached hydrogen (secondary N) is 2. The number of aromatic amines is 2. The predicted molar refractivity (Wildman–Crippen MR) is 91.2 cm³/mol. The number of hydrogen-bond donors (Lipinski definition) is 6. The van der Waals surface area contributed by atoms with Gasteiger partial charge in [-0.25, -0.2) is 4.79 Å². The Balaban J connectivity index is 2.26. The minimum atomic E-state index is -1.68. The van der Waals surface area contributed by atoms with Gasteiger partial charge in [-0.05, 0) is 23.8 Å². The molecule has 10 nitrogen and oxygen atoms in total. The van der Waals surface area contributed by atoms with Crippen molar-refractivity contribution < 1.29 is 20.4 Å². The van der Waals surface area contributed by atoms with Gasteiger partial charge < -0.3 is 25.0 Å². The predicted octanol–water partition coefficient (Wildman–Crippen LogP) is -2.44.